The van der Waals surface area contributed by atoms with E-state index in [4.69, 9.17) is 9.47 Å². The fraction of sp³-hybridized carbons (Fsp3) is 0.316. The SMILES string of the molecule is C=CCC(Cc1cn(C(C)=O)c2ccccc12)(C(=O)OC)C(=O)OC. The lowest BCUT2D eigenvalue weighted by atomic mass is 9.78. The van der Waals surface area contributed by atoms with Gasteiger partial charge in [0.15, 0.2) is 5.41 Å². The second kappa shape index (κ2) is 7.34. The molecule has 132 valence electrons. The van der Waals surface area contributed by atoms with Crippen molar-refractivity contribution in [3.8, 4) is 0 Å². The van der Waals surface area contributed by atoms with Crippen molar-refractivity contribution in [1.82, 2.24) is 4.57 Å². The molecule has 25 heavy (non-hydrogen) atoms. The van der Waals surface area contributed by atoms with Crippen molar-refractivity contribution in [3.63, 3.8) is 0 Å². The minimum absolute atomic E-state index is 0.0408. The molecule has 0 saturated heterocycles. The van der Waals surface area contributed by atoms with Gasteiger partial charge >= 0.3 is 11.9 Å². The summed E-state index contributed by atoms with van der Waals surface area (Å²) >= 11 is 0. The molecule has 0 unspecified atom stereocenters. The third-order valence-electron chi connectivity index (χ3n) is 4.27. The minimum Gasteiger partial charge on any atom is -0.468 e. The molecule has 0 atom stereocenters. The van der Waals surface area contributed by atoms with Gasteiger partial charge < -0.3 is 9.47 Å². The molecule has 0 bridgehead atoms. The Bertz CT molecular complexity index is 817. The number of carbonyl (C=O) groups is 3. The van der Waals surface area contributed by atoms with Crippen molar-refractivity contribution in [2.24, 2.45) is 5.41 Å². The maximum Gasteiger partial charge on any atom is 0.323 e. The average Bonchev–Trinajstić information content (AvgIpc) is 2.98. The highest BCUT2D eigenvalue weighted by Gasteiger charge is 2.48. The van der Waals surface area contributed by atoms with Gasteiger partial charge in [-0.2, -0.15) is 0 Å². The molecule has 2 aromatic rings. The molecular formula is C19H21NO5. The van der Waals surface area contributed by atoms with E-state index in [-0.39, 0.29) is 18.7 Å². The van der Waals surface area contributed by atoms with Crippen LogP contribution in [0.3, 0.4) is 0 Å². The topological polar surface area (TPSA) is 74.6 Å². The third-order valence-corrected chi connectivity index (χ3v) is 4.27. The number of fused-ring (bicyclic) bond motifs is 1. The standard InChI is InChI=1S/C19H21NO5/c1-5-10-19(17(22)24-3,18(23)25-4)11-14-12-20(13(2)21)16-9-7-6-8-15(14)16/h5-9,12H,1,10-11H2,2-4H3. The molecule has 6 nitrogen and oxygen atoms in total. The molecule has 1 heterocycles. The van der Waals surface area contributed by atoms with Crippen molar-refractivity contribution >= 4 is 28.7 Å². The Morgan fingerprint density at radius 1 is 1.16 bits per heavy atom. The van der Waals surface area contributed by atoms with Crippen LogP contribution in [-0.2, 0) is 25.5 Å². The lowest BCUT2D eigenvalue weighted by Crippen LogP contribution is -2.42. The molecule has 0 spiro atoms. The van der Waals surface area contributed by atoms with Crippen LogP contribution in [0.5, 0.6) is 0 Å². The van der Waals surface area contributed by atoms with E-state index in [9.17, 15) is 14.4 Å². The van der Waals surface area contributed by atoms with Gasteiger partial charge in [0.2, 0.25) is 5.91 Å². The van der Waals surface area contributed by atoms with Crippen molar-refractivity contribution in [3.05, 3.63) is 48.7 Å². The number of rotatable bonds is 6. The second-order valence-electron chi connectivity index (χ2n) is 5.80. The normalized spacial score (nSPS) is 11.2. The van der Waals surface area contributed by atoms with E-state index in [1.165, 1.54) is 31.8 Å². The van der Waals surface area contributed by atoms with Crippen LogP contribution in [0.15, 0.2) is 43.1 Å². The highest BCUT2D eigenvalue weighted by molar-refractivity contribution is 6.01. The first-order valence-electron chi connectivity index (χ1n) is 7.79. The zero-order valence-electron chi connectivity index (χ0n) is 14.6. The maximum absolute atomic E-state index is 12.5. The van der Waals surface area contributed by atoms with E-state index < -0.39 is 17.4 Å². The number of nitrogens with zero attached hydrogens (tertiary/aromatic N) is 1. The number of esters is 2. The zero-order chi connectivity index (χ0) is 18.6. The highest BCUT2D eigenvalue weighted by atomic mass is 16.5. The van der Waals surface area contributed by atoms with Gasteiger partial charge in [0.25, 0.3) is 0 Å². The number of benzene rings is 1. The molecule has 6 heteroatoms. The summed E-state index contributed by atoms with van der Waals surface area (Å²) in [6.45, 7) is 5.09. The summed E-state index contributed by atoms with van der Waals surface area (Å²) in [5, 5.41) is 0.791. The molecule has 0 fully saturated rings. The summed E-state index contributed by atoms with van der Waals surface area (Å²) in [4.78, 5) is 36.8. The lowest BCUT2D eigenvalue weighted by molar-refractivity contribution is -0.168. The predicted molar refractivity (Wildman–Crippen MR) is 93.2 cm³/mol. The van der Waals surface area contributed by atoms with Crippen LogP contribution in [-0.4, -0.2) is 36.6 Å². The van der Waals surface area contributed by atoms with Crippen LogP contribution >= 0.6 is 0 Å². The third kappa shape index (κ3) is 3.20. The van der Waals surface area contributed by atoms with E-state index >= 15 is 0 Å². The Kier molecular flexibility index (Phi) is 5.41. The number of carbonyl (C=O) groups excluding carboxylic acids is 3. The fourth-order valence-electron chi connectivity index (χ4n) is 3.08. The summed E-state index contributed by atoms with van der Waals surface area (Å²) in [6.07, 6.45) is 3.24. The monoisotopic (exact) mass is 343 g/mol. The lowest BCUT2D eigenvalue weighted by Gasteiger charge is -2.26. The molecule has 1 aromatic heterocycles. The first kappa shape index (κ1) is 18.4. The predicted octanol–water partition coefficient (Wildman–Crippen LogP) is 2.75. The van der Waals surface area contributed by atoms with E-state index in [1.54, 1.807) is 6.20 Å². The molecule has 0 amide bonds. The Morgan fingerprint density at radius 2 is 1.76 bits per heavy atom. The molecule has 0 aliphatic rings. The smallest absolute Gasteiger partial charge is 0.323 e. The van der Waals surface area contributed by atoms with Gasteiger partial charge in [0, 0.05) is 24.9 Å². The first-order chi connectivity index (χ1) is 11.9. The van der Waals surface area contributed by atoms with Crippen LogP contribution < -0.4 is 0 Å². The van der Waals surface area contributed by atoms with Crippen molar-refractivity contribution in [2.75, 3.05) is 14.2 Å². The van der Waals surface area contributed by atoms with E-state index in [0.29, 0.717) is 11.1 Å². The number of para-hydroxylation sites is 1. The second-order valence-corrected chi connectivity index (χ2v) is 5.80. The molecule has 0 saturated carbocycles. The number of methoxy groups -OCH3 is 2. The van der Waals surface area contributed by atoms with E-state index in [2.05, 4.69) is 6.58 Å². The van der Waals surface area contributed by atoms with Gasteiger partial charge in [-0.1, -0.05) is 24.3 Å². The summed E-state index contributed by atoms with van der Waals surface area (Å²) in [5.74, 6) is -1.55. The van der Waals surface area contributed by atoms with Gasteiger partial charge in [-0.15, -0.1) is 6.58 Å². The van der Waals surface area contributed by atoms with Crippen LogP contribution in [0.2, 0.25) is 0 Å². The zero-order valence-corrected chi connectivity index (χ0v) is 14.6. The number of ether oxygens (including phenoxy) is 2. The Hall–Kier alpha value is -2.89. The van der Waals surface area contributed by atoms with E-state index in [1.807, 2.05) is 24.3 Å². The van der Waals surface area contributed by atoms with Crippen molar-refractivity contribution < 1.29 is 23.9 Å². The first-order valence-corrected chi connectivity index (χ1v) is 7.79. The molecule has 2 rings (SSSR count). The molecule has 1 aromatic carbocycles. The molecule has 0 N–H and O–H groups in total. The molecule has 0 radical (unpaired) electrons. The van der Waals surface area contributed by atoms with E-state index in [0.717, 1.165) is 5.39 Å². The van der Waals surface area contributed by atoms with Crippen LogP contribution in [0.4, 0.5) is 0 Å². The minimum atomic E-state index is -1.54. The Labute approximate surface area is 146 Å². The maximum atomic E-state index is 12.5. The number of aromatic nitrogens is 1. The summed E-state index contributed by atoms with van der Waals surface area (Å²) in [7, 11) is 2.45. The Balaban J connectivity index is 2.65. The average molecular weight is 343 g/mol. The van der Waals surface area contributed by atoms with Crippen molar-refractivity contribution in [2.45, 2.75) is 19.8 Å². The number of allylic oxidation sites excluding steroid dienone is 1. The summed E-state index contributed by atoms with van der Waals surface area (Å²) in [6, 6.07) is 7.31. The molecule has 0 aliphatic heterocycles. The van der Waals surface area contributed by atoms with Gasteiger partial charge in [-0.25, -0.2) is 0 Å². The number of hydrogen-bond acceptors (Lipinski definition) is 5. The molecule has 0 aliphatic carbocycles. The van der Waals surface area contributed by atoms with Gasteiger partial charge in [0.1, 0.15) is 0 Å². The highest BCUT2D eigenvalue weighted by Crippen LogP contribution is 2.34. The van der Waals surface area contributed by atoms with Crippen LogP contribution in [0.1, 0.15) is 23.7 Å². The number of hydrogen-bond donors (Lipinski definition) is 0. The summed E-state index contributed by atoms with van der Waals surface area (Å²) < 4.78 is 11.2. The Morgan fingerprint density at radius 3 is 2.28 bits per heavy atom. The van der Waals surface area contributed by atoms with Gasteiger partial charge in [-0.3, -0.25) is 19.0 Å². The quantitative estimate of drug-likeness (QED) is 0.458. The van der Waals surface area contributed by atoms with Crippen LogP contribution in [0, 0.1) is 5.41 Å². The summed E-state index contributed by atoms with van der Waals surface area (Å²) in [5.41, 5.74) is -0.146. The molecular weight excluding hydrogens is 322 g/mol. The van der Waals surface area contributed by atoms with Gasteiger partial charge in [0.05, 0.1) is 19.7 Å². The van der Waals surface area contributed by atoms with Crippen LogP contribution in [0.25, 0.3) is 10.9 Å². The largest absolute Gasteiger partial charge is 0.468 e. The van der Waals surface area contributed by atoms with Gasteiger partial charge in [-0.05, 0) is 18.1 Å². The van der Waals surface area contributed by atoms with Crippen molar-refractivity contribution in [1.29, 1.82) is 0 Å². The fourth-order valence-corrected chi connectivity index (χ4v) is 3.08.